The minimum atomic E-state index is -3.35. The third-order valence-electron chi connectivity index (χ3n) is 3.33. The zero-order chi connectivity index (χ0) is 19.3. The molecule has 6 nitrogen and oxygen atoms in total. The average molecular weight is 386 g/mol. The van der Waals surface area contributed by atoms with Crippen molar-refractivity contribution in [2.45, 2.75) is 18.1 Å². The number of hydrogen-bond donors (Lipinski definition) is 0. The van der Waals surface area contributed by atoms with Gasteiger partial charge in [0.05, 0.1) is 17.6 Å². The minimum Gasteiger partial charge on any atom is -0.493 e. The molecule has 0 saturated heterocycles. The second-order valence-electron chi connectivity index (χ2n) is 5.24. The predicted molar refractivity (Wildman–Crippen MR) is 88.3 cm³/mol. The van der Waals surface area contributed by atoms with E-state index in [1.807, 2.05) is 0 Å². The number of sulfone groups is 1. The van der Waals surface area contributed by atoms with E-state index in [1.54, 1.807) is 0 Å². The lowest BCUT2D eigenvalue weighted by atomic mass is 10.2. The van der Waals surface area contributed by atoms with E-state index in [9.17, 15) is 22.0 Å². The Morgan fingerprint density at radius 1 is 1.08 bits per heavy atom. The van der Waals surface area contributed by atoms with Gasteiger partial charge in [-0.15, -0.1) is 0 Å². The summed E-state index contributed by atoms with van der Waals surface area (Å²) in [5.74, 6) is -0.706. The van der Waals surface area contributed by atoms with Crippen LogP contribution in [0.5, 0.6) is 11.5 Å². The van der Waals surface area contributed by atoms with Crippen molar-refractivity contribution in [1.82, 2.24) is 0 Å². The summed E-state index contributed by atoms with van der Waals surface area (Å²) in [6, 6.07) is 9.47. The highest BCUT2D eigenvalue weighted by atomic mass is 32.2. The van der Waals surface area contributed by atoms with Crippen LogP contribution < -0.4 is 9.47 Å². The Morgan fingerprint density at radius 3 is 2.27 bits per heavy atom. The van der Waals surface area contributed by atoms with Gasteiger partial charge in [-0.3, -0.25) is 0 Å². The second-order valence-corrected chi connectivity index (χ2v) is 7.25. The summed E-state index contributed by atoms with van der Waals surface area (Å²) < 4.78 is 61.8. The number of alkyl halides is 2. The Labute approximate surface area is 149 Å². The molecule has 0 heterocycles. The van der Waals surface area contributed by atoms with Crippen molar-refractivity contribution in [3.63, 3.8) is 0 Å². The van der Waals surface area contributed by atoms with Crippen LogP contribution in [0.15, 0.2) is 47.4 Å². The lowest BCUT2D eigenvalue weighted by molar-refractivity contribution is -0.0512. The van der Waals surface area contributed by atoms with Crippen molar-refractivity contribution in [2.24, 2.45) is 0 Å². The monoisotopic (exact) mass is 386 g/mol. The topological polar surface area (TPSA) is 78.9 Å². The van der Waals surface area contributed by atoms with Gasteiger partial charge in [0.25, 0.3) is 0 Å². The first-order valence-corrected chi connectivity index (χ1v) is 9.19. The molecule has 0 aromatic heterocycles. The van der Waals surface area contributed by atoms with Crippen LogP contribution in [0.4, 0.5) is 8.78 Å². The van der Waals surface area contributed by atoms with Gasteiger partial charge in [-0.25, -0.2) is 13.2 Å². The lowest BCUT2D eigenvalue weighted by Gasteiger charge is -2.11. The maximum Gasteiger partial charge on any atom is 0.387 e. The first kappa shape index (κ1) is 19.6. The maximum absolute atomic E-state index is 12.3. The highest BCUT2D eigenvalue weighted by Gasteiger charge is 2.13. The summed E-state index contributed by atoms with van der Waals surface area (Å²) in [4.78, 5) is 12.1. The molecular weight excluding hydrogens is 370 g/mol. The molecule has 0 aliphatic carbocycles. The number of methoxy groups -OCH3 is 1. The predicted octanol–water partition coefficient (Wildman–Crippen LogP) is 3.06. The van der Waals surface area contributed by atoms with E-state index in [4.69, 9.17) is 9.47 Å². The van der Waals surface area contributed by atoms with Crippen LogP contribution in [0.3, 0.4) is 0 Å². The van der Waals surface area contributed by atoms with Crippen LogP contribution in [-0.4, -0.2) is 34.4 Å². The van der Waals surface area contributed by atoms with Crippen LogP contribution in [-0.2, 0) is 21.2 Å². The SMILES string of the molecule is COc1cc(COC(=O)c2ccc(S(C)(=O)=O)cc2)ccc1OC(F)F. The molecule has 0 fully saturated rings. The summed E-state index contributed by atoms with van der Waals surface area (Å²) >= 11 is 0. The summed E-state index contributed by atoms with van der Waals surface area (Å²) in [5.41, 5.74) is 0.687. The number of benzene rings is 2. The fourth-order valence-electron chi connectivity index (χ4n) is 2.07. The molecule has 0 bridgehead atoms. The molecule has 26 heavy (non-hydrogen) atoms. The van der Waals surface area contributed by atoms with E-state index in [-0.39, 0.29) is 28.6 Å². The Bertz CT molecular complexity index is 879. The number of carbonyl (C=O) groups is 1. The van der Waals surface area contributed by atoms with Crippen molar-refractivity contribution in [2.75, 3.05) is 13.4 Å². The average Bonchev–Trinajstić information content (AvgIpc) is 2.59. The Morgan fingerprint density at radius 2 is 1.73 bits per heavy atom. The molecule has 0 saturated carbocycles. The van der Waals surface area contributed by atoms with Crippen LogP contribution in [0.1, 0.15) is 15.9 Å². The summed E-state index contributed by atoms with van der Waals surface area (Å²) in [6.07, 6.45) is 1.06. The summed E-state index contributed by atoms with van der Waals surface area (Å²) in [5, 5.41) is 0. The lowest BCUT2D eigenvalue weighted by Crippen LogP contribution is -2.07. The van der Waals surface area contributed by atoms with Gasteiger partial charge in [0.2, 0.25) is 0 Å². The molecule has 0 unspecified atom stereocenters. The fourth-order valence-corrected chi connectivity index (χ4v) is 2.70. The zero-order valence-corrected chi connectivity index (χ0v) is 14.8. The van der Waals surface area contributed by atoms with Gasteiger partial charge < -0.3 is 14.2 Å². The largest absolute Gasteiger partial charge is 0.493 e. The van der Waals surface area contributed by atoms with E-state index in [2.05, 4.69) is 4.74 Å². The van der Waals surface area contributed by atoms with Crippen molar-refractivity contribution >= 4 is 15.8 Å². The molecular formula is C17H16F2O6S. The second kappa shape index (κ2) is 8.13. The third-order valence-corrected chi connectivity index (χ3v) is 4.46. The first-order chi connectivity index (χ1) is 12.2. The molecule has 0 N–H and O–H groups in total. The molecule has 140 valence electrons. The number of carbonyl (C=O) groups excluding carboxylic acids is 1. The van der Waals surface area contributed by atoms with Crippen LogP contribution in [0.25, 0.3) is 0 Å². The van der Waals surface area contributed by atoms with Gasteiger partial charge in [-0.05, 0) is 42.0 Å². The standard InChI is InChI=1S/C17H16F2O6S/c1-23-15-9-11(3-8-14(15)25-17(18)19)10-24-16(20)12-4-6-13(7-5-12)26(2,21)22/h3-9,17H,10H2,1-2H3. The molecule has 0 radical (unpaired) electrons. The molecule has 2 aromatic rings. The molecule has 2 rings (SSSR count). The van der Waals surface area contributed by atoms with Gasteiger partial charge in [0.1, 0.15) is 6.61 Å². The fraction of sp³-hybridized carbons (Fsp3) is 0.235. The normalized spacial score (nSPS) is 11.3. The van der Waals surface area contributed by atoms with Gasteiger partial charge in [-0.1, -0.05) is 6.07 Å². The van der Waals surface area contributed by atoms with Gasteiger partial charge in [-0.2, -0.15) is 8.78 Å². The highest BCUT2D eigenvalue weighted by Crippen LogP contribution is 2.29. The van der Waals surface area contributed by atoms with Gasteiger partial charge >= 0.3 is 12.6 Å². The molecule has 2 aromatic carbocycles. The summed E-state index contributed by atoms with van der Waals surface area (Å²) in [7, 11) is -2.05. The third kappa shape index (κ3) is 5.16. The van der Waals surface area contributed by atoms with Crippen molar-refractivity contribution in [3.05, 3.63) is 53.6 Å². The molecule has 0 amide bonds. The molecule has 0 aliphatic heterocycles. The van der Waals surface area contributed by atoms with Gasteiger partial charge in [0.15, 0.2) is 21.3 Å². The van der Waals surface area contributed by atoms with E-state index < -0.39 is 22.4 Å². The summed E-state index contributed by atoms with van der Waals surface area (Å²) in [6.45, 7) is -3.11. The quantitative estimate of drug-likeness (QED) is 0.681. The number of ether oxygens (including phenoxy) is 3. The van der Waals surface area contributed by atoms with Gasteiger partial charge in [0, 0.05) is 6.26 Å². The number of rotatable bonds is 7. The number of halogens is 2. The molecule has 0 spiro atoms. The Kier molecular flexibility index (Phi) is 6.14. The number of hydrogen-bond acceptors (Lipinski definition) is 6. The smallest absolute Gasteiger partial charge is 0.387 e. The van der Waals surface area contributed by atoms with E-state index >= 15 is 0 Å². The molecule has 0 atom stereocenters. The van der Waals surface area contributed by atoms with E-state index in [1.165, 1.54) is 49.6 Å². The van der Waals surface area contributed by atoms with E-state index in [0.717, 1.165) is 6.26 Å². The Balaban J connectivity index is 2.05. The number of esters is 1. The van der Waals surface area contributed by atoms with Crippen LogP contribution in [0.2, 0.25) is 0 Å². The van der Waals surface area contributed by atoms with Crippen molar-refractivity contribution < 1.29 is 36.2 Å². The highest BCUT2D eigenvalue weighted by molar-refractivity contribution is 7.90. The maximum atomic E-state index is 12.3. The van der Waals surface area contributed by atoms with Crippen molar-refractivity contribution in [3.8, 4) is 11.5 Å². The first-order valence-electron chi connectivity index (χ1n) is 7.29. The molecule has 9 heteroatoms. The zero-order valence-electron chi connectivity index (χ0n) is 13.9. The minimum absolute atomic E-state index is 0.0800. The van der Waals surface area contributed by atoms with E-state index in [0.29, 0.717) is 5.56 Å². The van der Waals surface area contributed by atoms with Crippen LogP contribution in [0, 0.1) is 0 Å². The van der Waals surface area contributed by atoms with Crippen molar-refractivity contribution in [1.29, 1.82) is 0 Å². The van der Waals surface area contributed by atoms with Crippen LogP contribution >= 0.6 is 0 Å². The Hall–Kier alpha value is -2.68. The molecule has 0 aliphatic rings.